The summed E-state index contributed by atoms with van der Waals surface area (Å²) in [6.45, 7) is 1.49. The first-order valence-electron chi connectivity index (χ1n) is 8.09. The van der Waals surface area contributed by atoms with E-state index in [1.165, 1.54) is 11.8 Å². The van der Waals surface area contributed by atoms with Crippen molar-refractivity contribution in [3.8, 4) is 0 Å². The first kappa shape index (κ1) is 19.1. The fourth-order valence-corrected chi connectivity index (χ4v) is 4.52. The van der Waals surface area contributed by atoms with E-state index >= 15 is 0 Å². The summed E-state index contributed by atoms with van der Waals surface area (Å²) in [5.41, 5.74) is 1.88. The molecule has 4 nitrogen and oxygen atoms in total. The molecule has 0 bridgehead atoms. The molecule has 0 spiro atoms. The van der Waals surface area contributed by atoms with E-state index in [4.69, 9.17) is 27.9 Å². The second-order valence-electron chi connectivity index (χ2n) is 5.98. The molecule has 1 aliphatic heterocycles. The monoisotopic (exact) mass is 409 g/mol. The van der Waals surface area contributed by atoms with Gasteiger partial charge < -0.3 is 10.1 Å². The summed E-state index contributed by atoms with van der Waals surface area (Å²) in [6.07, 6.45) is 0.623. The highest BCUT2D eigenvalue weighted by Crippen LogP contribution is 2.37. The van der Waals surface area contributed by atoms with Gasteiger partial charge in [0.1, 0.15) is 5.25 Å². The zero-order valence-electron chi connectivity index (χ0n) is 14.0. The van der Waals surface area contributed by atoms with Crippen molar-refractivity contribution in [2.75, 3.05) is 6.61 Å². The molecule has 0 fully saturated rings. The summed E-state index contributed by atoms with van der Waals surface area (Å²) in [5, 5.41) is 3.47. The second-order valence-corrected chi connectivity index (χ2v) is 8.07. The average Bonchev–Trinajstić information content (AvgIpc) is 3.03. The van der Waals surface area contributed by atoms with Gasteiger partial charge in [0.05, 0.1) is 6.04 Å². The Balaban J connectivity index is 1.49. The Morgan fingerprint density at radius 3 is 2.77 bits per heavy atom. The van der Waals surface area contributed by atoms with Crippen molar-refractivity contribution in [3.05, 3.63) is 63.6 Å². The molecule has 0 saturated heterocycles. The number of hydrogen-bond acceptors (Lipinski definition) is 4. The van der Waals surface area contributed by atoms with Crippen LogP contribution in [0.25, 0.3) is 0 Å². The number of ether oxygens (including phenoxy) is 1. The van der Waals surface area contributed by atoms with Crippen molar-refractivity contribution in [2.45, 2.75) is 29.5 Å². The van der Waals surface area contributed by atoms with Crippen LogP contribution in [0.5, 0.6) is 0 Å². The predicted molar refractivity (Wildman–Crippen MR) is 104 cm³/mol. The molecule has 7 heteroatoms. The third-order valence-corrected chi connectivity index (χ3v) is 5.92. The first-order valence-corrected chi connectivity index (χ1v) is 9.73. The van der Waals surface area contributed by atoms with Crippen molar-refractivity contribution in [3.63, 3.8) is 0 Å². The lowest BCUT2D eigenvalue weighted by Gasteiger charge is -2.16. The van der Waals surface area contributed by atoms with Crippen LogP contribution in [0.3, 0.4) is 0 Å². The van der Waals surface area contributed by atoms with Crippen molar-refractivity contribution in [2.24, 2.45) is 0 Å². The fourth-order valence-electron chi connectivity index (χ4n) is 2.76. The van der Waals surface area contributed by atoms with Gasteiger partial charge in [0.15, 0.2) is 6.61 Å². The Bertz CT molecular complexity index is 818. The minimum absolute atomic E-state index is 0.302. The molecule has 1 aliphatic rings. The van der Waals surface area contributed by atoms with E-state index in [9.17, 15) is 9.59 Å². The number of amides is 1. The lowest BCUT2D eigenvalue weighted by Crippen LogP contribution is -2.32. The van der Waals surface area contributed by atoms with Gasteiger partial charge in [-0.1, -0.05) is 47.5 Å². The van der Waals surface area contributed by atoms with Gasteiger partial charge in [-0.05, 0) is 42.7 Å². The highest BCUT2D eigenvalue weighted by atomic mass is 35.5. The number of rotatable bonds is 5. The number of esters is 1. The molecule has 0 aromatic heterocycles. The van der Waals surface area contributed by atoms with Crippen molar-refractivity contribution >= 4 is 46.8 Å². The van der Waals surface area contributed by atoms with Gasteiger partial charge in [0.2, 0.25) is 0 Å². The van der Waals surface area contributed by atoms with Gasteiger partial charge in [0, 0.05) is 14.9 Å². The normalized spacial score (nSPS) is 16.7. The van der Waals surface area contributed by atoms with E-state index in [2.05, 4.69) is 5.32 Å². The molecule has 2 aromatic rings. The van der Waals surface area contributed by atoms with Crippen LogP contribution in [0.2, 0.25) is 10.0 Å². The van der Waals surface area contributed by atoms with Crippen molar-refractivity contribution in [1.29, 1.82) is 0 Å². The van der Waals surface area contributed by atoms with Crippen LogP contribution >= 0.6 is 35.0 Å². The Hall–Kier alpha value is -1.69. The lowest BCUT2D eigenvalue weighted by molar-refractivity contribution is -0.148. The number of fused-ring (bicyclic) bond motifs is 1. The zero-order valence-corrected chi connectivity index (χ0v) is 16.3. The Labute approximate surface area is 166 Å². The molecule has 26 heavy (non-hydrogen) atoms. The summed E-state index contributed by atoms with van der Waals surface area (Å²) >= 11 is 13.5. The summed E-state index contributed by atoms with van der Waals surface area (Å²) in [6, 6.07) is 12.6. The lowest BCUT2D eigenvalue weighted by atomic mass is 10.1. The molecule has 136 valence electrons. The smallest absolute Gasteiger partial charge is 0.320 e. The Kier molecular flexibility index (Phi) is 6.12. The number of carbonyl (C=O) groups is 2. The van der Waals surface area contributed by atoms with E-state index < -0.39 is 0 Å². The molecule has 2 atom stereocenters. The number of hydrogen-bond donors (Lipinski definition) is 1. The topological polar surface area (TPSA) is 55.4 Å². The largest absolute Gasteiger partial charge is 0.455 e. The average molecular weight is 410 g/mol. The van der Waals surface area contributed by atoms with Crippen LogP contribution in [0, 0.1) is 0 Å². The Morgan fingerprint density at radius 1 is 1.27 bits per heavy atom. The van der Waals surface area contributed by atoms with E-state index in [1.807, 2.05) is 24.3 Å². The van der Waals surface area contributed by atoms with E-state index in [-0.39, 0.29) is 29.8 Å². The van der Waals surface area contributed by atoms with Gasteiger partial charge in [-0.2, -0.15) is 0 Å². The fraction of sp³-hybridized carbons (Fsp3) is 0.263. The van der Waals surface area contributed by atoms with Gasteiger partial charge in [0.25, 0.3) is 5.91 Å². The maximum absolute atomic E-state index is 12.2. The number of halogens is 2. The summed E-state index contributed by atoms with van der Waals surface area (Å²) in [7, 11) is 0. The number of nitrogens with one attached hydrogen (secondary N) is 1. The number of thioether (sulfide) groups is 1. The van der Waals surface area contributed by atoms with Crippen LogP contribution < -0.4 is 5.32 Å². The van der Waals surface area contributed by atoms with E-state index in [0.29, 0.717) is 16.5 Å². The van der Waals surface area contributed by atoms with E-state index in [0.717, 1.165) is 16.0 Å². The molecular formula is C19H17Cl2NO3S. The summed E-state index contributed by atoms with van der Waals surface area (Å²) in [4.78, 5) is 25.4. The molecule has 1 heterocycles. The maximum atomic E-state index is 12.2. The Morgan fingerprint density at radius 2 is 2.04 bits per heavy atom. The number of benzene rings is 2. The summed E-state index contributed by atoms with van der Waals surface area (Å²) < 4.78 is 5.18. The van der Waals surface area contributed by atoms with Crippen LogP contribution in [0.4, 0.5) is 0 Å². The third kappa shape index (κ3) is 4.53. The standard InChI is InChI=1S/C19H17Cl2NO3S/c1-11(14-7-6-13(20)9-15(14)21)22-18(23)10-25-19(24)17-8-12-4-2-3-5-16(12)26-17/h2-7,9,11,17H,8,10H2,1H3,(H,22,23). The second kappa shape index (κ2) is 8.33. The minimum Gasteiger partial charge on any atom is -0.455 e. The van der Waals surface area contributed by atoms with E-state index in [1.54, 1.807) is 25.1 Å². The maximum Gasteiger partial charge on any atom is 0.320 e. The quantitative estimate of drug-likeness (QED) is 0.741. The van der Waals surface area contributed by atoms with Crippen LogP contribution in [0.15, 0.2) is 47.4 Å². The van der Waals surface area contributed by atoms with Crippen molar-refractivity contribution in [1.82, 2.24) is 5.32 Å². The molecule has 0 aliphatic carbocycles. The molecule has 0 saturated carbocycles. The van der Waals surface area contributed by atoms with Gasteiger partial charge >= 0.3 is 5.97 Å². The van der Waals surface area contributed by atoms with Crippen LogP contribution in [-0.2, 0) is 20.7 Å². The summed E-state index contributed by atoms with van der Waals surface area (Å²) in [5.74, 6) is -0.754. The first-order chi connectivity index (χ1) is 12.4. The number of carbonyl (C=O) groups excluding carboxylic acids is 2. The SMILES string of the molecule is CC(NC(=O)COC(=O)C1Cc2ccccc2S1)c1ccc(Cl)cc1Cl. The molecule has 2 unspecified atom stereocenters. The molecule has 1 amide bonds. The predicted octanol–water partition coefficient (Wildman–Crippen LogP) is 4.43. The molecule has 1 N–H and O–H groups in total. The highest BCUT2D eigenvalue weighted by molar-refractivity contribution is 8.01. The van der Waals surface area contributed by atoms with Gasteiger partial charge in [-0.15, -0.1) is 11.8 Å². The van der Waals surface area contributed by atoms with Gasteiger partial charge in [-0.25, -0.2) is 0 Å². The van der Waals surface area contributed by atoms with Crippen LogP contribution in [-0.4, -0.2) is 23.7 Å². The van der Waals surface area contributed by atoms with Gasteiger partial charge in [-0.3, -0.25) is 9.59 Å². The molecule has 0 radical (unpaired) electrons. The molecule has 2 aromatic carbocycles. The zero-order chi connectivity index (χ0) is 18.7. The molecule has 3 rings (SSSR count). The van der Waals surface area contributed by atoms with Crippen LogP contribution in [0.1, 0.15) is 24.1 Å². The minimum atomic E-state index is -0.377. The molecular weight excluding hydrogens is 393 g/mol. The third-order valence-electron chi connectivity index (χ3n) is 4.06. The highest BCUT2D eigenvalue weighted by Gasteiger charge is 2.29. The van der Waals surface area contributed by atoms with Crippen molar-refractivity contribution < 1.29 is 14.3 Å².